The van der Waals surface area contributed by atoms with E-state index in [1.54, 1.807) is 0 Å². The summed E-state index contributed by atoms with van der Waals surface area (Å²) in [6.07, 6.45) is 1.39. The highest BCUT2D eigenvalue weighted by atomic mass is 35.5. The Balaban J connectivity index is 1.36. The van der Waals surface area contributed by atoms with E-state index in [4.69, 9.17) is 30.9 Å². The molecule has 10 heteroatoms. The first-order valence-electron chi connectivity index (χ1n) is 18.3. The maximum absolute atomic E-state index is 7.85. The maximum atomic E-state index is 7.85. The molecule has 0 amide bonds. The fourth-order valence-electron chi connectivity index (χ4n) is 8.28. The molecule has 0 bridgehead atoms. The Morgan fingerprint density at radius 3 is 1.60 bits per heavy atom. The number of benzene rings is 4. The van der Waals surface area contributed by atoms with Gasteiger partial charge in [-0.2, -0.15) is 4.98 Å². The summed E-state index contributed by atoms with van der Waals surface area (Å²) in [7, 11) is -5.88. The van der Waals surface area contributed by atoms with Crippen molar-refractivity contribution in [1.82, 2.24) is 14.5 Å². The minimum atomic E-state index is -2.98. The molecule has 0 unspecified atom stereocenters. The van der Waals surface area contributed by atoms with E-state index in [1.807, 2.05) is 16.8 Å². The lowest BCUT2D eigenvalue weighted by Crippen LogP contribution is -2.69. The largest absolute Gasteiger partial charge is 0.405 e. The number of rotatable bonds is 10. The zero-order valence-corrected chi connectivity index (χ0v) is 34.1. The van der Waals surface area contributed by atoms with Crippen LogP contribution in [-0.2, 0) is 13.6 Å². The van der Waals surface area contributed by atoms with E-state index < -0.39 is 29.0 Å². The molecule has 3 atom stereocenters. The van der Waals surface area contributed by atoms with Crippen molar-refractivity contribution in [3.05, 3.63) is 139 Å². The summed E-state index contributed by atoms with van der Waals surface area (Å²) in [5, 5.41) is 5.47. The Labute approximate surface area is 320 Å². The van der Waals surface area contributed by atoms with Crippen LogP contribution in [0.1, 0.15) is 54.2 Å². The third-order valence-corrected chi connectivity index (χ3v) is 21.0. The van der Waals surface area contributed by atoms with E-state index in [2.05, 4.69) is 173 Å². The molecule has 6 aromatic rings. The van der Waals surface area contributed by atoms with Crippen LogP contribution in [-0.4, -0.2) is 50.0 Å². The van der Waals surface area contributed by atoms with Crippen molar-refractivity contribution in [3.8, 4) is 0 Å². The Kier molecular flexibility index (Phi) is 10.3. The van der Waals surface area contributed by atoms with Gasteiger partial charge in [0.1, 0.15) is 23.1 Å². The van der Waals surface area contributed by atoms with Gasteiger partial charge in [0, 0.05) is 12.6 Å². The van der Waals surface area contributed by atoms with Crippen LogP contribution in [0.2, 0.25) is 15.2 Å². The van der Waals surface area contributed by atoms with Crippen molar-refractivity contribution in [2.75, 3.05) is 12.3 Å². The lowest BCUT2D eigenvalue weighted by Gasteiger charge is -2.46. The van der Waals surface area contributed by atoms with Gasteiger partial charge in [-0.05, 0) is 36.9 Å². The van der Waals surface area contributed by atoms with E-state index in [0.717, 1.165) is 5.39 Å². The molecule has 0 spiro atoms. The highest BCUT2D eigenvalue weighted by Gasteiger charge is 2.55. The molecule has 7 rings (SSSR count). The highest BCUT2D eigenvalue weighted by molar-refractivity contribution is 7.00. The summed E-state index contributed by atoms with van der Waals surface area (Å²) >= 11 is 6.55. The second kappa shape index (κ2) is 14.6. The monoisotopic (exact) mass is 760 g/mol. The van der Waals surface area contributed by atoms with Gasteiger partial charge < -0.3 is 23.9 Å². The molecule has 7 nitrogen and oxygen atoms in total. The number of aromatic nitrogens is 3. The SMILES string of the molecule is CC(C)(C)[Si](OC[C@H]1O[C@@H](n2ccc3c(Cl)nc(N)nc32)C[C@@H]1O[Si](c1ccccc1)(c1ccccc1)C(C)(C)C)(c1ccccc1)c1ccccc1. The van der Waals surface area contributed by atoms with E-state index in [1.165, 1.54) is 20.7 Å². The zero-order valence-electron chi connectivity index (χ0n) is 31.4. The second-order valence-corrected chi connectivity index (χ2v) is 24.9. The van der Waals surface area contributed by atoms with Crippen molar-refractivity contribution >= 4 is 66.0 Å². The van der Waals surface area contributed by atoms with Gasteiger partial charge >= 0.3 is 0 Å². The van der Waals surface area contributed by atoms with Gasteiger partial charge in [0.05, 0.1) is 18.1 Å². The summed E-state index contributed by atoms with van der Waals surface area (Å²) in [6, 6.07) is 44.9. The first-order chi connectivity index (χ1) is 25.3. The number of hydrogen-bond donors (Lipinski definition) is 1. The smallest absolute Gasteiger partial charge is 0.261 e. The molecule has 4 aromatic carbocycles. The molecule has 0 aliphatic carbocycles. The van der Waals surface area contributed by atoms with Crippen LogP contribution in [0.15, 0.2) is 134 Å². The summed E-state index contributed by atoms with van der Waals surface area (Å²) < 4.78 is 24.6. The van der Waals surface area contributed by atoms with E-state index in [-0.39, 0.29) is 22.1 Å². The minimum absolute atomic E-state index is 0.118. The number of nitrogens with zero attached hydrogens (tertiary/aromatic N) is 3. The minimum Gasteiger partial charge on any atom is -0.405 e. The topological polar surface area (TPSA) is 84.4 Å². The molecular formula is C43H49ClN4O3Si2. The van der Waals surface area contributed by atoms with Gasteiger partial charge in [0.15, 0.2) is 0 Å². The average Bonchev–Trinajstić information content (AvgIpc) is 3.75. The van der Waals surface area contributed by atoms with Crippen LogP contribution in [0.25, 0.3) is 11.0 Å². The van der Waals surface area contributed by atoms with Crippen LogP contribution in [0.5, 0.6) is 0 Å². The second-order valence-electron chi connectivity index (χ2n) is 16.0. The summed E-state index contributed by atoms with van der Waals surface area (Å²) in [5.74, 6) is 0.118. The van der Waals surface area contributed by atoms with Gasteiger partial charge in [0.25, 0.3) is 16.6 Å². The molecule has 1 fully saturated rings. The third-order valence-electron chi connectivity index (χ3n) is 10.7. The Bertz CT molecular complexity index is 2060. The highest BCUT2D eigenvalue weighted by Crippen LogP contribution is 2.43. The predicted molar refractivity (Wildman–Crippen MR) is 222 cm³/mol. The number of nitrogens with two attached hydrogens (primary N) is 1. The molecule has 274 valence electrons. The van der Waals surface area contributed by atoms with Crippen molar-refractivity contribution in [2.45, 2.75) is 76.5 Å². The molecule has 53 heavy (non-hydrogen) atoms. The molecule has 2 N–H and O–H groups in total. The first-order valence-corrected chi connectivity index (χ1v) is 22.5. The zero-order chi connectivity index (χ0) is 37.4. The van der Waals surface area contributed by atoms with Crippen molar-refractivity contribution in [2.24, 2.45) is 0 Å². The molecule has 0 saturated carbocycles. The quantitative estimate of drug-likeness (QED) is 0.115. The van der Waals surface area contributed by atoms with Crippen LogP contribution >= 0.6 is 11.6 Å². The summed E-state index contributed by atoms with van der Waals surface area (Å²) in [5.41, 5.74) is 6.75. The van der Waals surface area contributed by atoms with Gasteiger partial charge in [0.2, 0.25) is 5.95 Å². The average molecular weight is 762 g/mol. The standard InChI is InChI=1S/C43H49ClN4O3Si2/c1-42(2,3)52(31-19-11-7-12-20-31,32-21-13-8-14-22-32)49-30-37-36(29-38(50-37)48-28-27-35-39(44)46-41(45)47-40(35)48)51-53(43(4,5)6,33-23-15-9-16-24-33)34-25-17-10-18-26-34/h7-28,36-38H,29-30H2,1-6H3,(H2,45,46,47)/t36-,37+,38+/m0/s1. The van der Waals surface area contributed by atoms with Gasteiger partial charge in [-0.1, -0.05) is 174 Å². The lowest BCUT2D eigenvalue weighted by molar-refractivity contribution is -0.0370. The number of hydrogen-bond acceptors (Lipinski definition) is 6. The first kappa shape index (κ1) is 37.2. The molecule has 3 heterocycles. The van der Waals surface area contributed by atoms with E-state index >= 15 is 0 Å². The Hall–Kier alpha value is -4.10. The Morgan fingerprint density at radius 1 is 0.698 bits per heavy atom. The van der Waals surface area contributed by atoms with Gasteiger partial charge in [-0.25, -0.2) is 4.98 Å². The van der Waals surface area contributed by atoms with E-state index in [0.29, 0.717) is 23.8 Å². The third kappa shape index (κ3) is 6.79. The number of ether oxygens (including phenoxy) is 1. The van der Waals surface area contributed by atoms with Gasteiger partial charge in [-0.15, -0.1) is 0 Å². The van der Waals surface area contributed by atoms with Crippen LogP contribution < -0.4 is 26.5 Å². The predicted octanol–water partition coefficient (Wildman–Crippen LogP) is 7.48. The fourth-order valence-corrected chi connectivity index (χ4v) is 17.8. The van der Waals surface area contributed by atoms with Crippen LogP contribution in [0.4, 0.5) is 5.95 Å². The maximum Gasteiger partial charge on any atom is 0.261 e. The molecule has 1 aliphatic rings. The number of anilines is 1. The van der Waals surface area contributed by atoms with Crippen molar-refractivity contribution in [1.29, 1.82) is 0 Å². The number of nitrogen functional groups attached to an aromatic ring is 1. The normalized spacial score (nSPS) is 18.4. The van der Waals surface area contributed by atoms with Crippen molar-refractivity contribution < 1.29 is 13.6 Å². The van der Waals surface area contributed by atoms with E-state index in [9.17, 15) is 0 Å². The number of halogens is 1. The molecule has 2 aromatic heterocycles. The molecule has 1 saturated heterocycles. The fraction of sp³-hybridized carbons (Fsp3) is 0.302. The summed E-state index contributed by atoms with van der Waals surface area (Å²) in [4.78, 5) is 8.80. The Morgan fingerprint density at radius 2 is 1.15 bits per heavy atom. The van der Waals surface area contributed by atoms with Gasteiger partial charge in [-0.3, -0.25) is 0 Å². The number of fused-ring (bicyclic) bond motifs is 1. The van der Waals surface area contributed by atoms with Crippen molar-refractivity contribution in [3.63, 3.8) is 0 Å². The summed E-state index contributed by atoms with van der Waals surface area (Å²) in [6.45, 7) is 14.2. The van der Waals surface area contributed by atoms with Crippen LogP contribution in [0.3, 0.4) is 0 Å². The molecule has 1 aliphatic heterocycles. The van der Waals surface area contributed by atoms with Crippen LogP contribution in [0, 0.1) is 0 Å². The lowest BCUT2D eigenvalue weighted by atomic mass is 10.2. The molecule has 0 radical (unpaired) electrons. The molecular weight excluding hydrogens is 712 g/mol.